The number of sulfonamides is 1. The third kappa shape index (κ3) is 5.45. The number of imidazole rings is 1. The van der Waals surface area contributed by atoms with Crippen molar-refractivity contribution in [2.24, 2.45) is 0 Å². The molecule has 0 atom stereocenters. The highest BCUT2D eigenvalue weighted by Gasteiger charge is 2.31. The fourth-order valence-electron chi connectivity index (χ4n) is 3.84. The summed E-state index contributed by atoms with van der Waals surface area (Å²) in [6.07, 6.45) is 6.55. The lowest BCUT2D eigenvalue weighted by Crippen LogP contribution is -2.17. The Morgan fingerprint density at radius 1 is 1.25 bits per heavy atom. The van der Waals surface area contributed by atoms with E-state index in [1.165, 1.54) is 15.7 Å². The maximum absolute atomic E-state index is 13.1. The highest BCUT2D eigenvalue weighted by atomic mass is 35.5. The molecule has 0 fully saturated rings. The number of aryl methyl sites for hydroxylation is 1. The summed E-state index contributed by atoms with van der Waals surface area (Å²) in [5.74, 6) is 0.503. The van der Waals surface area contributed by atoms with Crippen molar-refractivity contribution in [3.05, 3.63) is 52.5 Å². The van der Waals surface area contributed by atoms with Gasteiger partial charge < -0.3 is 4.90 Å². The molecular weight excluding hydrogens is 444 g/mol. The van der Waals surface area contributed by atoms with Gasteiger partial charge in [0.25, 0.3) is 10.0 Å². The first-order valence-electron chi connectivity index (χ1n) is 10.9. The molecule has 1 aromatic heterocycles. The third-order valence-electron chi connectivity index (χ3n) is 5.23. The Bertz CT molecular complexity index is 1130. The number of halogens is 1. The van der Waals surface area contributed by atoms with Crippen LogP contribution in [0.4, 0.5) is 5.69 Å². The summed E-state index contributed by atoms with van der Waals surface area (Å²) in [6, 6.07) is 5.72. The van der Waals surface area contributed by atoms with Crippen molar-refractivity contribution < 1.29 is 8.42 Å². The lowest BCUT2D eigenvalue weighted by atomic mass is 9.87. The van der Waals surface area contributed by atoms with Crippen molar-refractivity contribution in [3.63, 3.8) is 0 Å². The monoisotopic (exact) mass is 478 g/mol. The quantitative estimate of drug-likeness (QED) is 0.547. The van der Waals surface area contributed by atoms with Crippen LogP contribution in [0.3, 0.4) is 0 Å². The number of anilines is 1. The van der Waals surface area contributed by atoms with Crippen LogP contribution in [-0.2, 0) is 15.4 Å². The second-order valence-electron chi connectivity index (χ2n) is 8.42. The summed E-state index contributed by atoms with van der Waals surface area (Å²) in [5.41, 5.74) is 3.94. The van der Waals surface area contributed by atoms with Crippen molar-refractivity contribution >= 4 is 39.1 Å². The van der Waals surface area contributed by atoms with Crippen molar-refractivity contribution in [2.45, 2.75) is 58.4 Å². The van der Waals surface area contributed by atoms with Crippen LogP contribution < -0.4 is 4.72 Å². The largest absolute Gasteiger partial charge is 0.309 e. The number of benzene rings is 1. The summed E-state index contributed by atoms with van der Waals surface area (Å²) >= 11 is 6.16. The molecule has 0 radical (unpaired) electrons. The van der Waals surface area contributed by atoms with Crippen LogP contribution in [0.15, 0.2) is 35.4 Å². The highest BCUT2D eigenvalue weighted by molar-refractivity contribution is 7.92. The Balaban J connectivity index is 0.00000176. The highest BCUT2D eigenvalue weighted by Crippen LogP contribution is 2.43. The number of aromatic nitrogens is 2. The summed E-state index contributed by atoms with van der Waals surface area (Å²) in [7, 11) is 0.169. The van der Waals surface area contributed by atoms with E-state index in [9.17, 15) is 8.42 Å². The average molecular weight is 479 g/mol. The summed E-state index contributed by atoms with van der Waals surface area (Å²) in [4.78, 5) is 6.26. The van der Waals surface area contributed by atoms with Gasteiger partial charge >= 0.3 is 0 Å². The molecule has 1 heterocycles. The molecule has 1 aliphatic carbocycles. The molecule has 1 aliphatic rings. The normalized spacial score (nSPS) is 14.9. The van der Waals surface area contributed by atoms with Crippen LogP contribution in [0.5, 0.6) is 0 Å². The molecule has 0 unspecified atom stereocenters. The second-order valence-corrected chi connectivity index (χ2v) is 10.4. The Morgan fingerprint density at radius 2 is 1.91 bits per heavy atom. The predicted molar refractivity (Wildman–Crippen MR) is 136 cm³/mol. The Hall–Kier alpha value is -2.09. The zero-order valence-electron chi connectivity index (χ0n) is 20.3. The molecule has 0 saturated heterocycles. The number of nitrogens with one attached hydrogen (secondary N) is 1. The SMILES string of the molecule is C/C=C\n1c(C)nc(Cl)c1S(=O)(=O)Nc1ccc2c(c1)C(CCN(C)C)=CC2(C)C.CC. The summed E-state index contributed by atoms with van der Waals surface area (Å²) < 4.78 is 30.4. The minimum atomic E-state index is -3.93. The number of hydrogen-bond acceptors (Lipinski definition) is 4. The summed E-state index contributed by atoms with van der Waals surface area (Å²) in [6.45, 7) is 12.8. The molecule has 1 N–H and O–H groups in total. The van der Waals surface area contributed by atoms with Gasteiger partial charge in [-0.15, -0.1) is 0 Å². The Kier molecular flexibility index (Phi) is 8.37. The van der Waals surface area contributed by atoms with E-state index < -0.39 is 10.0 Å². The fraction of sp³-hybridized carbons (Fsp3) is 0.458. The molecular formula is C24H35ClN4O2S. The van der Waals surface area contributed by atoms with Crippen LogP contribution >= 0.6 is 11.6 Å². The molecule has 6 nitrogen and oxygen atoms in total. The van der Waals surface area contributed by atoms with E-state index in [4.69, 9.17) is 11.6 Å². The number of nitrogens with zero attached hydrogens (tertiary/aromatic N) is 3. The zero-order chi connectivity index (χ0) is 24.3. The molecule has 0 spiro atoms. The van der Waals surface area contributed by atoms with Crippen molar-refractivity contribution in [1.82, 2.24) is 14.5 Å². The lowest BCUT2D eigenvalue weighted by Gasteiger charge is -2.18. The first-order chi connectivity index (χ1) is 15.0. The van der Waals surface area contributed by atoms with Crippen molar-refractivity contribution in [1.29, 1.82) is 0 Å². The minimum absolute atomic E-state index is 0.0491. The zero-order valence-corrected chi connectivity index (χ0v) is 21.9. The molecule has 8 heteroatoms. The van der Waals surface area contributed by atoms with Gasteiger partial charge in [-0.3, -0.25) is 9.29 Å². The number of rotatable bonds is 7. The van der Waals surface area contributed by atoms with Crippen molar-refractivity contribution in [3.8, 4) is 0 Å². The van der Waals surface area contributed by atoms with Gasteiger partial charge in [0, 0.05) is 23.8 Å². The minimum Gasteiger partial charge on any atom is -0.309 e. The van der Waals surface area contributed by atoms with Crippen LogP contribution in [0, 0.1) is 6.92 Å². The van der Waals surface area contributed by atoms with Gasteiger partial charge in [-0.2, -0.15) is 8.42 Å². The average Bonchev–Trinajstić information content (AvgIpc) is 3.13. The van der Waals surface area contributed by atoms with Gasteiger partial charge in [-0.05, 0) is 63.2 Å². The molecule has 0 bridgehead atoms. The maximum Gasteiger partial charge on any atom is 0.281 e. The second kappa shape index (κ2) is 10.2. The van der Waals surface area contributed by atoms with E-state index >= 15 is 0 Å². The van der Waals surface area contributed by atoms with Gasteiger partial charge in [0.05, 0.1) is 0 Å². The summed E-state index contributed by atoms with van der Waals surface area (Å²) in [5, 5.41) is -0.115. The molecule has 32 heavy (non-hydrogen) atoms. The van der Waals surface area contributed by atoms with Gasteiger partial charge in [0.1, 0.15) is 5.82 Å². The van der Waals surface area contributed by atoms with E-state index in [0.29, 0.717) is 11.5 Å². The molecule has 3 rings (SSSR count). The molecule has 176 valence electrons. The molecule has 1 aromatic carbocycles. The maximum atomic E-state index is 13.1. The third-order valence-corrected chi connectivity index (χ3v) is 7.01. The molecule has 0 saturated carbocycles. The van der Waals surface area contributed by atoms with E-state index in [1.54, 1.807) is 32.2 Å². The van der Waals surface area contributed by atoms with Gasteiger partial charge in [-0.25, -0.2) is 4.98 Å². The van der Waals surface area contributed by atoms with E-state index in [-0.39, 0.29) is 15.6 Å². The molecule has 2 aromatic rings. The molecule has 0 amide bonds. The predicted octanol–water partition coefficient (Wildman–Crippen LogP) is 5.79. The standard InChI is InChI=1S/C22H29ClN4O2S.C2H6/c1-7-11-27-15(2)24-20(23)21(27)30(28,29)25-17-8-9-19-18(13-17)16(10-12-26(5)6)14-22(19,3)4;1-2/h7-9,11,13-14,25H,10,12H2,1-6H3;1-2H3/b11-7-;. The first kappa shape index (κ1) is 26.2. The van der Waals surface area contributed by atoms with E-state index in [0.717, 1.165) is 18.5 Å². The Labute approximate surface area is 198 Å². The Morgan fingerprint density at radius 3 is 2.50 bits per heavy atom. The lowest BCUT2D eigenvalue weighted by molar-refractivity contribution is 0.419. The van der Waals surface area contributed by atoms with Gasteiger partial charge in [-0.1, -0.05) is 57.5 Å². The van der Waals surface area contributed by atoms with Crippen LogP contribution in [0.25, 0.3) is 11.8 Å². The van der Waals surface area contributed by atoms with Gasteiger partial charge in [0.2, 0.25) is 0 Å². The van der Waals surface area contributed by atoms with E-state index in [2.05, 4.69) is 34.5 Å². The number of allylic oxidation sites excluding steroid dienone is 2. The van der Waals surface area contributed by atoms with Crippen LogP contribution in [0.2, 0.25) is 5.15 Å². The van der Waals surface area contributed by atoms with Gasteiger partial charge in [0.15, 0.2) is 10.2 Å². The van der Waals surface area contributed by atoms with E-state index in [1.807, 2.05) is 40.1 Å². The number of hydrogen-bond donors (Lipinski definition) is 1. The topological polar surface area (TPSA) is 67.2 Å². The van der Waals surface area contributed by atoms with Crippen LogP contribution in [-0.4, -0.2) is 43.5 Å². The smallest absolute Gasteiger partial charge is 0.281 e. The van der Waals surface area contributed by atoms with Crippen LogP contribution in [0.1, 0.15) is 58.0 Å². The molecule has 0 aliphatic heterocycles. The fourth-order valence-corrected chi connectivity index (χ4v) is 5.61. The number of fused-ring (bicyclic) bond motifs is 1. The van der Waals surface area contributed by atoms with Crippen molar-refractivity contribution in [2.75, 3.05) is 25.4 Å². The first-order valence-corrected chi connectivity index (χ1v) is 12.7.